The molecule has 1 aromatic carbocycles. The number of carbonyl (C=O) groups is 1. The lowest BCUT2D eigenvalue weighted by Crippen LogP contribution is -2.25. The summed E-state index contributed by atoms with van der Waals surface area (Å²) in [4.78, 5) is 23.6. The van der Waals surface area contributed by atoms with Crippen molar-refractivity contribution in [2.45, 2.75) is 39.2 Å². The molecule has 1 aromatic heterocycles. The maximum atomic E-state index is 12.1. The molecule has 5 heteroatoms. The van der Waals surface area contributed by atoms with Gasteiger partial charge in [0, 0.05) is 16.5 Å². The number of esters is 1. The zero-order valence-corrected chi connectivity index (χ0v) is 12.9. The maximum Gasteiger partial charge on any atom is 0.346 e. The average molecular weight is 302 g/mol. The van der Waals surface area contributed by atoms with Crippen LogP contribution in [0.3, 0.4) is 0 Å². The van der Waals surface area contributed by atoms with Crippen LogP contribution in [0.25, 0.3) is 11.0 Å². The number of rotatable bonds is 3. The lowest BCUT2D eigenvalue weighted by atomic mass is 10.0. The van der Waals surface area contributed by atoms with Gasteiger partial charge < -0.3 is 13.9 Å². The van der Waals surface area contributed by atoms with Crippen LogP contribution in [0, 0.1) is 6.92 Å². The molecule has 3 rings (SSSR count). The first-order chi connectivity index (χ1) is 10.5. The second-order valence-electron chi connectivity index (χ2n) is 5.55. The molecular formula is C17H18O5. The maximum absolute atomic E-state index is 12.1. The predicted octanol–water partition coefficient (Wildman–Crippen LogP) is 2.53. The average Bonchev–Trinajstić information content (AvgIpc) is 3.00. The predicted molar refractivity (Wildman–Crippen MR) is 81.4 cm³/mol. The number of fused-ring (bicyclic) bond motifs is 3. The highest BCUT2D eigenvalue weighted by Gasteiger charge is 2.22. The number of methoxy groups -OCH3 is 1. The molecule has 0 aliphatic heterocycles. The molecule has 22 heavy (non-hydrogen) atoms. The Morgan fingerprint density at radius 1 is 1.27 bits per heavy atom. The monoisotopic (exact) mass is 302 g/mol. The van der Waals surface area contributed by atoms with Gasteiger partial charge in [0.2, 0.25) is 0 Å². The van der Waals surface area contributed by atoms with E-state index in [9.17, 15) is 9.59 Å². The van der Waals surface area contributed by atoms with Gasteiger partial charge in [0.25, 0.3) is 0 Å². The first-order valence-corrected chi connectivity index (χ1v) is 7.35. The Labute approximate surface area is 127 Å². The van der Waals surface area contributed by atoms with Gasteiger partial charge in [-0.2, -0.15) is 0 Å². The van der Waals surface area contributed by atoms with E-state index in [0.717, 1.165) is 41.3 Å². The fourth-order valence-corrected chi connectivity index (χ4v) is 3.00. The second-order valence-corrected chi connectivity index (χ2v) is 5.55. The molecule has 0 saturated carbocycles. The second kappa shape index (κ2) is 5.48. The molecule has 0 spiro atoms. The Bertz CT molecular complexity index is 803. The van der Waals surface area contributed by atoms with Crippen LogP contribution < -0.4 is 10.4 Å². The van der Waals surface area contributed by atoms with Crippen LogP contribution in [-0.2, 0) is 22.4 Å². The van der Waals surface area contributed by atoms with Crippen molar-refractivity contribution in [3.63, 3.8) is 0 Å². The SMILES string of the molecule is COC(=O)[C@H](C)Oc1ccc2c3c(c(=O)oc2c1C)CCC3. The van der Waals surface area contributed by atoms with Gasteiger partial charge in [-0.3, -0.25) is 0 Å². The minimum absolute atomic E-state index is 0.263. The first-order valence-electron chi connectivity index (χ1n) is 7.35. The van der Waals surface area contributed by atoms with Crippen LogP contribution in [0.1, 0.15) is 30.0 Å². The van der Waals surface area contributed by atoms with Crippen molar-refractivity contribution in [2.24, 2.45) is 0 Å². The van der Waals surface area contributed by atoms with Gasteiger partial charge in [-0.05, 0) is 50.8 Å². The van der Waals surface area contributed by atoms with E-state index in [4.69, 9.17) is 9.15 Å². The summed E-state index contributed by atoms with van der Waals surface area (Å²) in [5.74, 6) is 0.0707. The molecule has 0 amide bonds. The number of carbonyl (C=O) groups excluding carboxylic acids is 1. The van der Waals surface area contributed by atoms with Crippen LogP contribution in [0.15, 0.2) is 21.3 Å². The highest BCUT2D eigenvalue weighted by atomic mass is 16.6. The molecule has 0 saturated heterocycles. The normalized spacial score (nSPS) is 14.7. The van der Waals surface area contributed by atoms with Crippen molar-refractivity contribution < 1.29 is 18.7 Å². The van der Waals surface area contributed by atoms with Gasteiger partial charge in [0.15, 0.2) is 6.10 Å². The minimum Gasteiger partial charge on any atom is -0.479 e. The van der Waals surface area contributed by atoms with E-state index < -0.39 is 12.1 Å². The Hall–Kier alpha value is -2.30. The third kappa shape index (κ3) is 2.26. The number of hydrogen-bond donors (Lipinski definition) is 0. The molecule has 0 radical (unpaired) electrons. The Morgan fingerprint density at radius 2 is 2.00 bits per heavy atom. The summed E-state index contributed by atoms with van der Waals surface area (Å²) in [5.41, 5.74) is 2.88. The summed E-state index contributed by atoms with van der Waals surface area (Å²) < 4.78 is 15.8. The van der Waals surface area contributed by atoms with Crippen LogP contribution in [0.4, 0.5) is 0 Å². The van der Waals surface area contributed by atoms with Gasteiger partial charge >= 0.3 is 11.6 Å². The van der Waals surface area contributed by atoms with Crippen molar-refractivity contribution in [1.82, 2.24) is 0 Å². The van der Waals surface area contributed by atoms with E-state index in [0.29, 0.717) is 11.3 Å². The van der Waals surface area contributed by atoms with E-state index in [1.54, 1.807) is 6.92 Å². The molecule has 1 aliphatic rings. The largest absolute Gasteiger partial charge is 0.479 e. The molecule has 0 fully saturated rings. The number of benzene rings is 1. The van der Waals surface area contributed by atoms with Crippen LogP contribution in [0.2, 0.25) is 0 Å². The Kier molecular flexibility index (Phi) is 3.64. The molecule has 2 aromatic rings. The number of aryl methyl sites for hydroxylation is 2. The fraction of sp³-hybridized carbons (Fsp3) is 0.412. The van der Waals surface area contributed by atoms with Gasteiger partial charge in [-0.1, -0.05) is 0 Å². The standard InChI is InChI=1S/C17H18O5/c1-9-14(21-10(2)16(18)20-3)8-7-12-11-5-4-6-13(11)17(19)22-15(9)12/h7-8,10H,4-6H2,1-3H3/t10-/m0/s1. The zero-order chi connectivity index (χ0) is 15.9. The van der Waals surface area contributed by atoms with Crippen molar-refractivity contribution in [1.29, 1.82) is 0 Å². The Balaban J connectivity index is 2.09. The zero-order valence-electron chi connectivity index (χ0n) is 12.9. The van der Waals surface area contributed by atoms with Crippen molar-refractivity contribution in [2.75, 3.05) is 7.11 Å². The van der Waals surface area contributed by atoms with Crippen LogP contribution in [-0.4, -0.2) is 19.2 Å². The smallest absolute Gasteiger partial charge is 0.346 e. The minimum atomic E-state index is -0.720. The summed E-state index contributed by atoms with van der Waals surface area (Å²) in [6, 6.07) is 3.71. The quantitative estimate of drug-likeness (QED) is 0.644. The molecule has 0 unspecified atom stereocenters. The van der Waals surface area contributed by atoms with Crippen LogP contribution >= 0.6 is 0 Å². The third-order valence-electron chi connectivity index (χ3n) is 4.18. The van der Waals surface area contributed by atoms with E-state index in [1.165, 1.54) is 7.11 Å². The summed E-state index contributed by atoms with van der Waals surface area (Å²) >= 11 is 0. The Morgan fingerprint density at radius 3 is 2.73 bits per heavy atom. The lowest BCUT2D eigenvalue weighted by Gasteiger charge is -2.15. The molecule has 116 valence electrons. The summed E-state index contributed by atoms with van der Waals surface area (Å²) in [7, 11) is 1.32. The van der Waals surface area contributed by atoms with Gasteiger partial charge in [-0.15, -0.1) is 0 Å². The highest BCUT2D eigenvalue weighted by molar-refractivity contribution is 5.86. The lowest BCUT2D eigenvalue weighted by molar-refractivity contribution is -0.147. The van der Waals surface area contributed by atoms with Crippen molar-refractivity contribution in [3.8, 4) is 5.75 Å². The van der Waals surface area contributed by atoms with Crippen molar-refractivity contribution >= 4 is 16.9 Å². The van der Waals surface area contributed by atoms with Gasteiger partial charge in [0.1, 0.15) is 11.3 Å². The molecule has 1 atom stereocenters. The molecule has 5 nitrogen and oxygen atoms in total. The van der Waals surface area contributed by atoms with Gasteiger partial charge in [0.05, 0.1) is 7.11 Å². The van der Waals surface area contributed by atoms with Crippen LogP contribution in [0.5, 0.6) is 5.75 Å². The summed E-state index contributed by atoms with van der Waals surface area (Å²) in [5, 5.41) is 0.961. The van der Waals surface area contributed by atoms with E-state index in [-0.39, 0.29) is 5.63 Å². The summed E-state index contributed by atoms with van der Waals surface area (Å²) in [6.45, 7) is 3.44. The first kappa shape index (κ1) is 14.6. The molecule has 0 bridgehead atoms. The summed E-state index contributed by atoms with van der Waals surface area (Å²) in [6.07, 6.45) is 1.94. The number of hydrogen-bond acceptors (Lipinski definition) is 5. The van der Waals surface area contributed by atoms with Crippen molar-refractivity contribution in [3.05, 3.63) is 39.2 Å². The van der Waals surface area contributed by atoms with E-state index in [1.807, 2.05) is 19.1 Å². The molecule has 1 heterocycles. The highest BCUT2D eigenvalue weighted by Crippen LogP contribution is 2.33. The molecule has 1 aliphatic carbocycles. The molecule has 0 N–H and O–H groups in total. The fourth-order valence-electron chi connectivity index (χ4n) is 3.00. The van der Waals surface area contributed by atoms with Gasteiger partial charge in [-0.25, -0.2) is 9.59 Å². The van der Waals surface area contributed by atoms with E-state index >= 15 is 0 Å². The third-order valence-corrected chi connectivity index (χ3v) is 4.18. The number of ether oxygens (including phenoxy) is 2. The molecular weight excluding hydrogens is 284 g/mol. The topological polar surface area (TPSA) is 65.7 Å². The van der Waals surface area contributed by atoms with E-state index in [2.05, 4.69) is 4.74 Å².